The highest BCUT2D eigenvalue weighted by Crippen LogP contribution is 2.42. The van der Waals surface area contributed by atoms with Crippen molar-refractivity contribution < 1.29 is 8.78 Å². The topological polar surface area (TPSA) is 84.1 Å². The molecule has 1 saturated heterocycles. The minimum absolute atomic E-state index is 0.0130. The number of hydrogen-bond acceptors (Lipinski definition) is 5. The van der Waals surface area contributed by atoms with Gasteiger partial charge in [-0.15, -0.1) is 11.6 Å². The van der Waals surface area contributed by atoms with Crippen molar-refractivity contribution in [1.29, 1.82) is 0 Å². The Morgan fingerprint density at radius 3 is 2.68 bits per heavy atom. The van der Waals surface area contributed by atoms with E-state index in [1.165, 1.54) is 0 Å². The van der Waals surface area contributed by atoms with Crippen LogP contribution in [0.15, 0.2) is 15.7 Å². The van der Waals surface area contributed by atoms with Crippen molar-refractivity contribution in [1.82, 2.24) is 8.94 Å². The second-order valence-electron chi connectivity index (χ2n) is 7.48. The van der Waals surface area contributed by atoms with E-state index in [9.17, 15) is 14.0 Å². The molecule has 1 aliphatic heterocycles. The lowest BCUT2D eigenvalue weighted by Gasteiger charge is -2.22. The number of alkyl halides is 1. The van der Waals surface area contributed by atoms with Crippen LogP contribution in [0, 0.1) is 17.6 Å². The molecule has 2 aliphatic rings. The second-order valence-corrected chi connectivity index (χ2v) is 8.83. The molecule has 0 bridgehead atoms. The first-order chi connectivity index (χ1) is 13.4. The molecule has 3 heterocycles. The van der Waals surface area contributed by atoms with E-state index in [4.69, 9.17) is 17.3 Å². The van der Waals surface area contributed by atoms with Gasteiger partial charge in [-0.05, 0) is 37.0 Å². The van der Waals surface area contributed by atoms with Gasteiger partial charge in [-0.1, -0.05) is 0 Å². The van der Waals surface area contributed by atoms with Gasteiger partial charge in [0.25, 0.3) is 5.56 Å². The van der Waals surface area contributed by atoms with E-state index in [0.717, 1.165) is 30.4 Å². The van der Waals surface area contributed by atoms with Crippen molar-refractivity contribution >= 4 is 49.9 Å². The normalized spacial score (nSPS) is 22.6. The summed E-state index contributed by atoms with van der Waals surface area (Å²) in [5.41, 5.74) is 4.40. The standard InChI is InChI=1S/C18H17ClF2N4O2S/c19-10-6-24(5-7(10)4-22)15-11(20)3-9-14(13(15)21)25(8-1-2-8)18-12(16(9)26)17(27)23-28-18/h3,7-8,10H,1-2,4-6,22H2,(H,23,27). The van der Waals surface area contributed by atoms with Crippen molar-refractivity contribution in [2.75, 3.05) is 24.5 Å². The van der Waals surface area contributed by atoms with Crippen LogP contribution in [0.2, 0.25) is 0 Å². The summed E-state index contributed by atoms with van der Waals surface area (Å²) in [4.78, 5) is 26.9. The van der Waals surface area contributed by atoms with Gasteiger partial charge in [0.2, 0.25) is 5.43 Å². The Morgan fingerprint density at radius 1 is 1.29 bits per heavy atom. The van der Waals surface area contributed by atoms with Crippen molar-refractivity contribution in [2.24, 2.45) is 11.7 Å². The Morgan fingerprint density at radius 2 is 2.04 bits per heavy atom. The first-order valence-electron chi connectivity index (χ1n) is 9.08. The van der Waals surface area contributed by atoms with Crippen LogP contribution in [0.5, 0.6) is 0 Å². The molecule has 2 unspecified atom stereocenters. The van der Waals surface area contributed by atoms with Gasteiger partial charge >= 0.3 is 0 Å². The summed E-state index contributed by atoms with van der Waals surface area (Å²) < 4.78 is 34.9. The lowest BCUT2D eigenvalue weighted by Crippen LogP contribution is -2.25. The van der Waals surface area contributed by atoms with Crippen molar-refractivity contribution in [2.45, 2.75) is 24.3 Å². The monoisotopic (exact) mass is 426 g/mol. The van der Waals surface area contributed by atoms with Crippen molar-refractivity contribution in [3.63, 3.8) is 0 Å². The summed E-state index contributed by atoms with van der Waals surface area (Å²) in [5.74, 6) is -1.69. The van der Waals surface area contributed by atoms with Crippen LogP contribution in [0.1, 0.15) is 18.9 Å². The van der Waals surface area contributed by atoms with Crippen LogP contribution in [0.4, 0.5) is 14.5 Å². The van der Waals surface area contributed by atoms with Crippen molar-refractivity contribution in [3.05, 3.63) is 38.3 Å². The predicted octanol–water partition coefficient (Wildman–Crippen LogP) is 2.52. The van der Waals surface area contributed by atoms with Crippen LogP contribution in [-0.2, 0) is 0 Å². The number of anilines is 1. The molecule has 2 atom stereocenters. The van der Waals surface area contributed by atoms with Crippen LogP contribution in [-0.4, -0.2) is 34.0 Å². The predicted molar refractivity (Wildman–Crippen MR) is 107 cm³/mol. The summed E-state index contributed by atoms with van der Waals surface area (Å²) in [5, 5.41) is -0.456. The maximum Gasteiger partial charge on any atom is 0.271 e. The number of nitrogens with two attached hydrogens (primary N) is 1. The fourth-order valence-electron chi connectivity index (χ4n) is 4.11. The second kappa shape index (κ2) is 6.27. The smallest absolute Gasteiger partial charge is 0.271 e. The van der Waals surface area contributed by atoms with E-state index in [1.54, 1.807) is 9.47 Å². The van der Waals surface area contributed by atoms with Gasteiger partial charge < -0.3 is 15.2 Å². The van der Waals surface area contributed by atoms with Gasteiger partial charge in [0.05, 0.1) is 16.3 Å². The number of aromatic amines is 1. The van der Waals surface area contributed by atoms with Gasteiger partial charge in [0, 0.05) is 25.0 Å². The fourth-order valence-corrected chi connectivity index (χ4v) is 5.38. The molecule has 148 valence electrons. The molecule has 2 aromatic heterocycles. The fraction of sp³-hybridized carbons (Fsp3) is 0.444. The average Bonchev–Trinajstić information content (AvgIpc) is 3.32. The Hall–Kier alpha value is -1.97. The summed E-state index contributed by atoms with van der Waals surface area (Å²) in [6.45, 7) is 0.944. The number of nitrogens with one attached hydrogen (secondary N) is 1. The number of benzene rings is 1. The number of fused-ring (bicyclic) bond motifs is 2. The maximum atomic E-state index is 15.7. The molecule has 0 amide bonds. The minimum atomic E-state index is -0.836. The summed E-state index contributed by atoms with van der Waals surface area (Å²) >= 11 is 7.29. The molecule has 10 heteroatoms. The highest BCUT2D eigenvalue weighted by atomic mass is 35.5. The third-order valence-corrected chi connectivity index (χ3v) is 7.05. The molecular weight excluding hydrogens is 410 g/mol. The molecule has 2 fully saturated rings. The highest BCUT2D eigenvalue weighted by molar-refractivity contribution is 7.12. The first kappa shape index (κ1) is 18.1. The zero-order valence-electron chi connectivity index (χ0n) is 14.7. The first-order valence-corrected chi connectivity index (χ1v) is 10.3. The number of aromatic nitrogens is 2. The largest absolute Gasteiger partial charge is 0.365 e. The Bertz CT molecular complexity index is 1230. The maximum absolute atomic E-state index is 15.7. The Balaban J connectivity index is 1.84. The molecule has 5 rings (SSSR count). The third-order valence-electron chi connectivity index (χ3n) is 5.67. The number of rotatable bonds is 3. The number of nitrogens with zero attached hydrogens (tertiary/aromatic N) is 2. The molecule has 28 heavy (non-hydrogen) atoms. The van der Waals surface area contributed by atoms with E-state index < -0.39 is 22.6 Å². The Kier molecular flexibility index (Phi) is 4.05. The SMILES string of the molecule is NCC1CN(c2c(F)cc3c(=O)c4c(=O)[nH]sc4n(C4CC4)c3c2F)CC1Cl. The summed E-state index contributed by atoms with van der Waals surface area (Å²) in [6, 6.07) is 1.03. The zero-order valence-corrected chi connectivity index (χ0v) is 16.2. The lowest BCUT2D eigenvalue weighted by molar-refractivity contribution is 0.573. The molecule has 1 saturated carbocycles. The molecule has 1 aromatic carbocycles. The summed E-state index contributed by atoms with van der Waals surface area (Å²) in [7, 11) is 0. The van der Waals surface area contributed by atoms with E-state index in [2.05, 4.69) is 4.37 Å². The van der Waals surface area contributed by atoms with Crippen LogP contribution in [0.25, 0.3) is 21.1 Å². The molecule has 3 N–H and O–H groups in total. The van der Waals surface area contributed by atoms with Gasteiger partial charge in [0.15, 0.2) is 5.82 Å². The number of H-pyrrole nitrogens is 1. The third kappa shape index (κ3) is 2.46. The minimum Gasteiger partial charge on any atom is -0.365 e. The van der Waals surface area contributed by atoms with Crippen molar-refractivity contribution in [3.8, 4) is 0 Å². The van der Waals surface area contributed by atoms with E-state index in [1.807, 2.05) is 0 Å². The van der Waals surface area contributed by atoms with E-state index in [0.29, 0.717) is 17.9 Å². The number of hydrogen-bond donors (Lipinski definition) is 2. The van der Waals surface area contributed by atoms with Gasteiger partial charge in [-0.2, -0.15) is 0 Å². The van der Waals surface area contributed by atoms with E-state index >= 15 is 4.39 Å². The lowest BCUT2D eigenvalue weighted by atomic mass is 10.1. The molecule has 6 nitrogen and oxygen atoms in total. The average molecular weight is 427 g/mol. The van der Waals surface area contributed by atoms with E-state index in [-0.39, 0.29) is 45.9 Å². The van der Waals surface area contributed by atoms with Gasteiger partial charge in [-0.25, -0.2) is 8.78 Å². The van der Waals surface area contributed by atoms with Gasteiger partial charge in [0.1, 0.15) is 21.7 Å². The highest BCUT2D eigenvalue weighted by Gasteiger charge is 2.36. The zero-order chi connectivity index (χ0) is 19.7. The van der Waals surface area contributed by atoms with Crippen LogP contribution in [0.3, 0.4) is 0 Å². The summed E-state index contributed by atoms with van der Waals surface area (Å²) in [6.07, 6.45) is 1.63. The van der Waals surface area contributed by atoms with Gasteiger partial charge in [-0.3, -0.25) is 14.0 Å². The molecule has 0 radical (unpaired) electrons. The number of halogens is 3. The van der Waals surface area contributed by atoms with Crippen LogP contribution < -0.4 is 21.6 Å². The number of pyridine rings is 1. The molecular formula is C18H17ClF2N4O2S. The molecule has 0 spiro atoms. The Labute approximate surface area is 166 Å². The molecule has 3 aromatic rings. The van der Waals surface area contributed by atoms with Crippen LogP contribution >= 0.6 is 23.1 Å². The quantitative estimate of drug-likeness (QED) is 0.630. The molecule has 1 aliphatic carbocycles.